The number of ether oxygens (including phenoxy) is 2. The summed E-state index contributed by atoms with van der Waals surface area (Å²) in [5.41, 5.74) is 3.96. The molecule has 0 atom stereocenters. The highest BCUT2D eigenvalue weighted by Crippen LogP contribution is 2.44. The van der Waals surface area contributed by atoms with Crippen molar-refractivity contribution in [3.63, 3.8) is 0 Å². The quantitative estimate of drug-likeness (QED) is 0.137. The Morgan fingerprint density at radius 3 is 1.28 bits per heavy atom. The van der Waals surface area contributed by atoms with Crippen LogP contribution < -0.4 is 9.47 Å². The minimum absolute atomic E-state index is 0.0273. The van der Waals surface area contributed by atoms with E-state index >= 15 is 0 Å². The maximum atomic E-state index is 11.2. The summed E-state index contributed by atoms with van der Waals surface area (Å²) in [5, 5.41) is 41.6. The Hall–Kier alpha value is -5.88. The first-order chi connectivity index (χ1) is 20.9. The van der Waals surface area contributed by atoms with Gasteiger partial charge in [0, 0.05) is 17.0 Å². The van der Waals surface area contributed by atoms with E-state index < -0.39 is 5.92 Å². The molecule has 0 saturated carbocycles. The molecule has 0 aliphatic rings. The number of rotatable bonds is 8. The summed E-state index contributed by atoms with van der Waals surface area (Å²) in [6.45, 7) is 0. The van der Waals surface area contributed by atoms with E-state index in [1.807, 2.05) is 54.6 Å². The second kappa shape index (κ2) is 11.9. The molecule has 212 valence electrons. The van der Waals surface area contributed by atoms with Crippen LogP contribution in [0.4, 0.5) is 0 Å². The van der Waals surface area contributed by atoms with Crippen LogP contribution in [0.15, 0.2) is 140 Å². The molecule has 0 aliphatic carbocycles. The number of aromatic hydroxyl groups is 4. The predicted octanol–water partition coefficient (Wildman–Crippen LogP) is 8.94. The Kier molecular flexibility index (Phi) is 7.57. The van der Waals surface area contributed by atoms with Gasteiger partial charge in [-0.25, -0.2) is 0 Å². The van der Waals surface area contributed by atoms with Crippen LogP contribution in [-0.4, -0.2) is 20.4 Å². The average molecular weight is 569 g/mol. The standard InChI is InChI=1S/C37H28O6/c38-27-10-14-29(15-11-27)42-31-18-20-35(40)33(22-31)37(26-8-6-25(7-9-26)24-4-2-1-3-5-24)34-23-32(19-21-36(34)41)43-30-16-12-28(39)13-17-30/h1-23,37-41H. The van der Waals surface area contributed by atoms with Gasteiger partial charge in [0.15, 0.2) is 0 Å². The molecule has 0 bridgehead atoms. The first-order valence-electron chi connectivity index (χ1n) is 13.7. The third kappa shape index (κ3) is 6.24. The van der Waals surface area contributed by atoms with Crippen molar-refractivity contribution >= 4 is 0 Å². The minimum Gasteiger partial charge on any atom is -0.508 e. The first kappa shape index (κ1) is 27.3. The lowest BCUT2D eigenvalue weighted by Crippen LogP contribution is -2.05. The summed E-state index contributed by atoms with van der Waals surface area (Å²) in [6, 6.07) is 40.7. The SMILES string of the molecule is Oc1ccc(Oc2ccc(O)c(C(c3ccc(-c4ccccc4)cc3)c3cc(Oc4ccc(O)cc4)ccc3O)c2)cc1. The lowest BCUT2D eigenvalue weighted by Gasteiger charge is -2.23. The van der Waals surface area contributed by atoms with E-state index in [1.54, 1.807) is 60.7 Å². The van der Waals surface area contributed by atoms with Gasteiger partial charge in [-0.2, -0.15) is 0 Å². The Bertz CT molecular complexity index is 1730. The van der Waals surface area contributed by atoms with Gasteiger partial charge in [-0.05, 0) is 102 Å². The van der Waals surface area contributed by atoms with Gasteiger partial charge in [-0.3, -0.25) is 0 Å². The van der Waals surface area contributed by atoms with E-state index in [-0.39, 0.29) is 23.0 Å². The van der Waals surface area contributed by atoms with Gasteiger partial charge < -0.3 is 29.9 Å². The highest BCUT2D eigenvalue weighted by molar-refractivity contribution is 5.65. The smallest absolute Gasteiger partial charge is 0.128 e. The van der Waals surface area contributed by atoms with Gasteiger partial charge in [-0.15, -0.1) is 0 Å². The molecule has 6 aromatic carbocycles. The van der Waals surface area contributed by atoms with Crippen molar-refractivity contribution in [3.8, 4) is 57.1 Å². The molecule has 6 rings (SSSR count). The lowest BCUT2D eigenvalue weighted by molar-refractivity contribution is 0.447. The fourth-order valence-electron chi connectivity index (χ4n) is 4.98. The molecule has 0 unspecified atom stereocenters. The van der Waals surface area contributed by atoms with Gasteiger partial charge in [0.1, 0.15) is 46.0 Å². The first-order valence-corrected chi connectivity index (χ1v) is 13.7. The number of hydrogen-bond donors (Lipinski definition) is 4. The van der Waals surface area contributed by atoms with Crippen LogP contribution in [0.1, 0.15) is 22.6 Å². The Labute approximate surface area is 248 Å². The van der Waals surface area contributed by atoms with Crippen molar-refractivity contribution in [1.82, 2.24) is 0 Å². The van der Waals surface area contributed by atoms with Crippen LogP contribution >= 0.6 is 0 Å². The fourth-order valence-corrected chi connectivity index (χ4v) is 4.98. The molecule has 0 aromatic heterocycles. The second-order valence-corrected chi connectivity index (χ2v) is 10.1. The summed E-state index contributed by atoms with van der Waals surface area (Å²) >= 11 is 0. The maximum absolute atomic E-state index is 11.2. The second-order valence-electron chi connectivity index (χ2n) is 10.1. The molecule has 6 nitrogen and oxygen atoms in total. The Morgan fingerprint density at radius 1 is 0.395 bits per heavy atom. The Morgan fingerprint density at radius 2 is 0.814 bits per heavy atom. The van der Waals surface area contributed by atoms with Crippen LogP contribution in [0.2, 0.25) is 0 Å². The summed E-state index contributed by atoms with van der Waals surface area (Å²) < 4.78 is 12.1. The van der Waals surface area contributed by atoms with Crippen molar-refractivity contribution in [2.45, 2.75) is 5.92 Å². The lowest BCUT2D eigenvalue weighted by atomic mass is 9.83. The fraction of sp³-hybridized carbons (Fsp3) is 0.0270. The molecule has 43 heavy (non-hydrogen) atoms. The topological polar surface area (TPSA) is 99.4 Å². The summed E-state index contributed by atoms with van der Waals surface area (Å²) in [4.78, 5) is 0. The average Bonchev–Trinajstić information content (AvgIpc) is 3.03. The molecule has 0 amide bonds. The van der Waals surface area contributed by atoms with Crippen molar-refractivity contribution in [2.75, 3.05) is 0 Å². The molecule has 6 heteroatoms. The number of hydrogen-bond acceptors (Lipinski definition) is 6. The Balaban J connectivity index is 1.44. The summed E-state index contributed by atoms with van der Waals surface area (Å²) in [6.07, 6.45) is 0. The number of benzene rings is 6. The third-order valence-corrected chi connectivity index (χ3v) is 7.12. The van der Waals surface area contributed by atoms with Crippen molar-refractivity contribution < 1.29 is 29.9 Å². The molecule has 0 fully saturated rings. The number of phenols is 4. The molecule has 6 aromatic rings. The zero-order chi connectivity index (χ0) is 29.8. The molecular weight excluding hydrogens is 540 g/mol. The maximum Gasteiger partial charge on any atom is 0.128 e. The zero-order valence-electron chi connectivity index (χ0n) is 23.0. The largest absolute Gasteiger partial charge is 0.508 e. The van der Waals surface area contributed by atoms with Gasteiger partial charge in [0.2, 0.25) is 0 Å². The van der Waals surface area contributed by atoms with Gasteiger partial charge in [0.25, 0.3) is 0 Å². The van der Waals surface area contributed by atoms with Crippen molar-refractivity contribution in [2.24, 2.45) is 0 Å². The van der Waals surface area contributed by atoms with Crippen molar-refractivity contribution in [1.29, 1.82) is 0 Å². The normalized spacial score (nSPS) is 10.9. The van der Waals surface area contributed by atoms with E-state index in [0.29, 0.717) is 34.1 Å². The molecule has 0 heterocycles. The van der Waals surface area contributed by atoms with Crippen molar-refractivity contribution in [3.05, 3.63) is 156 Å². The van der Waals surface area contributed by atoms with Gasteiger partial charge in [0.05, 0.1) is 0 Å². The predicted molar refractivity (Wildman–Crippen MR) is 165 cm³/mol. The van der Waals surface area contributed by atoms with E-state index in [2.05, 4.69) is 0 Å². The summed E-state index contributed by atoms with van der Waals surface area (Å²) in [5.74, 6) is 1.69. The van der Waals surface area contributed by atoms with E-state index in [9.17, 15) is 20.4 Å². The van der Waals surface area contributed by atoms with Gasteiger partial charge >= 0.3 is 0 Å². The van der Waals surface area contributed by atoms with Crippen LogP contribution in [0, 0.1) is 0 Å². The van der Waals surface area contributed by atoms with Crippen LogP contribution in [0.25, 0.3) is 11.1 Å². The molecule has 4 N–H and O–H groups in total. The highest BCUT2D eigenvalue weighted by atomic mass is 16.5. The monoisotopic (exact) mass is 568 g/mol. The molecule has 0 spiro atoms. The molecular formula is C37H28O6. The molecule has 0 aliphatic heterocycles. The van der Waals surface area contributed by atoms with E-state index in [1.165, 1.54) is 24.3 Å². The van der Waals surface area contributed by atoms with E-state index in [4.69, 9.17) is 9.47 Å². The third-order valence-electron chi connectivity index (χ3n) is 7.12. The van der Waals surface area contributed by atoms with Crippen LogP contribution in [0.5, 0.6) is 46.0 Å². The molecule has 0 radical (unpaired) electrons. The number of phenolic OH excluding ortho intramolecular Hbond substituents is 4. The van der Waals surface area contributed by atoms with Crippen LogP contribution in [0.3, 0.4) is 0 Å². The van der Waals surface area contributed by atoms with E-state index in [0.717, 1.165) is 16.7 Å². The molecule has 0 saturated heterocycles. The summed E-state index contributed by atoms with van der Waals surface area (Å²) in [7, 11) is 0. The van der Waals surface area contributed by atoms with Gasteiger partial charge in [-0.1, -0.05) is 54.6 Å². The highest BCUT2D eigenvalue weighted by Gasteiger charge is 2.25. The minimum atomic E-state index is -0.600. The zero-order valence-corrected chi connectivity index (χ0v) is 23.0. The van der Waals surface area contributed by atoms with Crippen LogP contribution in [-0.2, 0) is 0 Å².